The summed E-state index contributed by atoms with van der Waals surface area (Å²) in [6, 6.07) is 16.1. The van der Waals surface area contributed by atoms with Crippen molar-refractivity contribution in [1.82, 2.24) is 4.98 Å². The number of aromatic amines is 1. The summed E-state index contributed by atoms with van der Waals surface area (Å²) in [5.74, 6) is -0.315. The van der Waals surface area contributed by atoms with E-state index in [1.54, 1.807) is 24.3 Å². The number of H-pyrrole nitrogens is 1. The summed E-state index contributed by atoms with van der Waals surface area (Å²) >= 11 is 5.90. The van der Waals surface area contributed by atoms with Crippen LogP contribution in [0.1, 0.15) is 16.1 Å². The van der Waals surface area contributed by atoms with E-state index in [2.05, 4.69) is 10.3 Å². The summed E-state index contributed by atoms with van der Waals surface area (Å²) in [5, 5.41) is 13.2. The number of nitrogens with one attached hydrogen (secondary N) is 2. The van der Waals surface area contributed by atoms with E-state index >= 15 is 0 Å². The molecule has 1 amide bonds. The first-order valence-electron chi connectivity index (χ1n) is 6.26. The van der Waals surface area contributed by atoms with Gasteiger partial charge < -0.3 is 10.3 Å². The summed E-state index contributed by atoms with van der Waals surface area (Å²) in [6.07, 6.45) is 0. The second-order valence-electron chi connectivity index (χ2n) is 4.53. The van der Waals surface area contributed by atoms with Crippen LogP contribution >= 0.6 is 11.6 Å². The first-order chi connectivity index (χ1) is 10.2. The third-order valence-corrected chi connectivity index (χ3v) is 3.36. The minimum absolute atomic E-state index is 0.315. The molecule has 3 aromatic rings. The molecule has 0 saturated carbocycles. The van der Waals surface area contributed by atoms with Gasteiger partial charge in [-0.2, -0.15) is 5.26 Å². The van der Waals surface area contributed by atoms with E-state index in [0.717, 1.165) is 10.9 Å². The molecule has 5 heteroatoms. The van der Waals surface area contributed by atoms with Crippen molar-refractivity contribution in [2.45, 2.75) is 0 Å². The molecular weight excluding hydrogens is 286 g/mol. The first-order valence-corrected chi connectivity index (χ1v) is 6.64. The van der Waals surface area contributed by atoms with Gasteiger partial charge in [0.2, 0.25) is 0 Å². The molecule has 3 rings (SSSR count). The number of hydrogen-bond acceptors (Lipinski definition) is 2. The van der Waals surface area contributed by atoms with Crippen LogP contribution in [0.4, 0.5) is 5.69 Å². The van der Waals surface area contributed by atoms with Crippen LogP contribution in [0.3, 0.4) is 0 Å². The lowest BCUT2D eigenvalue weighted by Crippen LogP contribution is -2.13. The second-order valence-corrected chi connectivity index (χ2v) is 4.96. The van der Waals surface area contributed by atoms with Gasteiger partial charge in [0, 0.05) is 15.9 Å². The van der Waals surface area contributed by atoms with E-state index in [1.165, 1.54) is 0 Å². The molecule has 102 valence electrons. The van der Waals surface area contributed by atoms with Gasteiger partial charge in [-0.15, -0.1) is 0 Å². The third-order valence-electron chi connectivity index (χ3n) is 3.12. The molecule has 2 N–H and O–H groups in total. The summed E-state index contributed by atoms with van der Waals surface area (Å²) in [5.41, 5.74) is 2.08. The molecule has 4 nitrogen and oxygen atoms in total. The topological polar surface area (TPSA) is 68.7 Å². The Balaban J connectivity index is 1.93. The highest BCUT2D eigenvalue weighted by Crippen LogP contribution is 2.22. The van der Waals surface area contributed by atoms with Crippen LogP contribution < -0.4 is 5.32 Å². The molecule has 0 aliphatic carbocycles. The molecule has 0 spiro atoms. The highest BCUT2D eigenvalue weighted by Gasteiger charge is 2.12. The standard InChI is InChI=1S/C16H10ClN3O/c17-12-6-5-11(9-18)14(8-12)20-16(21)15-7-10-3-1-2-4-13(10)19-15/h1-8,19H,(H,20,21). The molecule has 2 aromatic carbocycles. The highest BCUT2D eigenvalue weighted by molar-refractivity contribution is 6.31. The van der Waals surface area contributed by atoms with Crippen molar-refractivity contribution in [2.75, 3.05) is 5.32 Å². The van der Waals surface area contributed by atoms with Crippen molar-refractivity contribution in [3.63, 3.8) is 0 Å². The lowest BCUT2D eigenvalue weighted by Gasteiger charge is -2.06. The molecule has 1 heterocycles. The minimum atomic E-state index is -0.315. The molecule has 0 atom stereocenters. The number of para-hydroxylation sites is 1. The average Bonchev–Trinajstić information content (AvgIpc) is 2.91. The molecule has 1 aromatic heterocycles. The van der Waals surface area contributed by atoms with Gasteiger partial charge in [-0.25, -0.2) is 0 Å². The Morgan fingerprint density at radius 2 is 2.00 bits per heavy atom. The van der Waals surface area contributed by atoms with Crippen molar-refractivity contribution < 1.29 is 4.79 Å². The Morgan fingerprint density at radius 3 is 2.76 bits per heavy atom. The van der Waals surface area contributed by atoms with Gasteiger partial charge in [-0.3, -0.25) is 4.79 Å². The Labute approximate surface area is 126 Å². The molecule has 0 aliphatic rings. The number of rotatable bonds is 2. The van der Waals surface area contributed by atoms with Gasteiger partial charge >= 0.3 is 0 Å². The number of benzene rings is 2. The second kappa shape index (κ2) is 5.31. The van der Waals surface area contributed by atoms with Gasteiger partial charge in [0.15, 0.2) is 0 Å². The van der Waals surface area contributed by atoms with Crippen LogP contribution in [0.2, 0.25) is 5.02 Å². The van der Waals surface area contributed by atoms with Gasteiger partial charge in [-0.1, -0.05) is 29.8 Å². The van der Waals surface area contributed by atoms with Crippen LogP contribution in [0.15, 0.2) is 48.5 Å². The zero-order valence-electron chi connectivity index (χ0n) is 10.9. The van der Waals surface area contributed by atoms with E-state index in [-0.39, 0.29) is 5.91 Å². The van der Waals surface area contributed by atoms with E-state index in [9.17, 15) is 4.79 Å². The van der Waals surface area contributed by atoms with E-state index in [1.807, 2.05) is 30.3 Å². The van der Waals surface area contributed by atoms with Gasteiger partial charge in [0.25, 0.3) is 5.91 Å². The summed E-state index contributed by atoms with van der Waals surface area (Å²) < 4.78 is 0. The Morgan fingerprint density at radius 1 is 1.19 bits per heavy atom. The number of carbonyl (C=O) groups excluding carboxylic acids is 1. The van der Waals surface area contributed by atoms with Crippen molar-refractivity contribution in [1.29, 1.82) is 5.26 Å². The van der Waals surface area contributed by atoms with E-state index in [0.29, 0.717) is 22.0 Å². The molecule has 0 radical (unpaired) electrons. The molecule has 21 heavy (non-hydrogen) atoms. The molecule has 0 aliphatic heterocycles. The molecular formula is C16H10ClN3O. The number of amides is 1. The number of halogens is 1. The van der Waals surface area contributed by atoms with Crippen LogP contribution in [-0.2, 0) is 0 Å². The Hall–Kier alpha value is -2.77. The minimum Gasteiger partial charge on any atom is -0.351 e. The fourth-order valence-corrected chi connectivity index (χ4v) is 2.27. The lowest BCUT2D eigenvalue weighted by molar-refractivity contribution is 0.102. The third kappa shape index (κ3) is 2.60. The number of nitriles is 1. The Bertz CT molecular complexity index is 844. The fraction of sp³-hybridized carbons (Fsp3) is 0. The van der Waals surface area contributed by atoms with Crippen LogP contribution in [0, 0.1) is 11.3 Å². The summed E-state index contributed by atoms with van der Waals surface area (Å²) in [7, 11) is 0. The number of nitrogens with zero attached hydrogens (tertiary/aromatic N) is 1. The number of hydrogen-bond donors (Lipinski definition) is 2. The van der Waals surface area contributed by atoms with Gasteiger partial charge in [-0.05, 0) is 30.3 Å². The van der Waals surface area contributed by atoms with Gasteiger partial charge in [0.1, 0.15) is 11.8 Å². The molecule has 0 unspecified atom stereocenters. The Kier molecular flexibility index (Phi) is 3.35. The number of fused-ring (bicyclic) bond motifs is 1. The smallest absolute Gasteiger partial charge is 0.272 e. The first kappa shape index (κ1) is 13.2. The average molecular weight is 296 g/mol. The maximum atomic E-state index is 12.3. The normalized spacial score (nSPS) is 10.3. The summed E-state index contributed by atoms with van der Waals surface area (Å²) in [4.78, 5) is 15.3. The van der Waals surface area contributed by atoms with Crippen LogP contribution in [0.5, 0.6) is 0 Å². The van der Waals surface area contributed by atoms with Crippen LogP contribution in [0.25, 0.3) is 10.9 Å². The van der Waals surface area contributed by atoms with E-state index < -0.39 is 0 Å². The van der Waals surface area contributed by atoms with Gasteiger partial charge in [0.05, 0.1) is 11.3 Å². The molecule has 0 saturated heterocycles. The molecule has 0 bridgehead atoms. The number of anilines is 1. The van der Waals surface area contributed by atoms with Crippen molar-refractivity contribution in [3.05, 3.63) is 64.8 Å². The largest absolute Gasteiger partial charge is 0.351 e. The van der Waals surface area contributed by atoms with E-state index in [4.69, 9.17) is 16.9 Å². The fourth-order valence-electron chi connectivity index (χ4n) is 2.10. The quantitative estimate of drug-likeness (QED) is 0.751. The number of aromatic nitrogens is 1. The predicted molar refractivity (Wildman–Crippen MR) is 82.4 cm³/mol. The van der Waals surface area contributed by atoms with Crippen LogP contribution in [-0.4, -0.2) is 10.9 Å². The monoisotopic (exact) mass is 295 g/mol. The van der Waals surface area contributed by atoms with Crippen molar-refractivity contribution in [3.8, 4) is 6.07 Å². The zero-order chi connectivity index (χ0) is 14.8. The maximum absolute atomic E-state index is 12.3. The lowest BCUT2D eigenvalue weighted by atomic mass is 10.2. The van der Waals surface area contributed by atoms with Crippen molar-refractivity contribution in [2.24, 2.45) is 0 Å². The highest BCUT2D eigenvalue weighted by atomic mass is 35.5. The number of carbonyl (C=O) groups is 1. The maximum Gasteiger partial charge on any atom is 0.272 e. The predicted octanol–water partition coefficient (Wildman–Crippen LogP) is 3.95. The zero-order valence-corrected chi connectivity index (χ0v) is 11.6. The summed E-state index contributed by atoms with van der Waals surface area (Å²) in [6.45, 7) is 0. The SMILES string of the molecule is N#Cc1ccc(Cl)cc1NC(=O)c1cc2ccccc2[nH]1. The van der Waals surface area contributed by atoms with Crippen molar-refractivity contribution >= 4 is 34.1 Å². The molecule has 0 fully saturated rings.